The number of hydrogen-bond donors (Lipinski definition) is 2. The van der Waals surface area contributed by atoms with Crippen LogP contribution in [0.1, 0.15) is 30.2 Å². The van der Waals surface area contributed by atoms with Crippen LogP contribution in [0.4, 0.5) is 8.78 Å². The van der Waals surface area contributed by atoms with Crippen LogP contribution < -0.4 is 5.32 Å². The van der Waals surface area contributed by atoms with Crippen LogP contribution in [0.3, 0.4) is 0 Å². The zero-order valence-corrected chi connectivity index (χ0v) is 11.1. The number of aliphatic hydroxyl groups excluding tert-OH is 1. The Labute approximate surface area is 115 Å². The molecule has 6 heteroatoms. The van der Waals surface area contributed by atoms with Crippen molar-refractivity contribution in [1.82, 2.24) is 10.3 Å². The van der Waals surface area contributed by atoms with Crippen molar-refractivity contribution >= 4 is 0 Å². The van der Waals surface area contributed by atoms with Gasteiger partial charge in [0.1, 0.15) is 5.76 Å². The second kappa shape index (κ2) is 6.58. The van der Waals surface area contributed by atoms with E-state index < -0.39 is 17.7 Å². The molecule has 0 aliphatic heterocycles. The summed E-state index contributed by atoms with van der Waals surface area (Å²) in [6.45, 7) is 2.51. The summed E-state index contributed by atoms with van der Waals surface area (Å²) in [5.74, 6) is -0.579. The van der Waals surface area contributed by atoms with Crippen molar-refractivity contribution in [2.24, 2.45) is 0 Å². The van der Waals surface area contributed by atoms with E-state index in [1.54, 1.807) is 6.20 Å². The molecule has 0 aliphatic rings. The Balaban J connectivity index is 1.85. The van der Waals surface area contributed by atoms with Crippen molar-refractivity contribution in [3.05, 3.63) is 53.2 Å². The maximum Gasteiger partial charge on any atom is 0.208 e. The number of aryl methyl sites for hydroxylation is 1. The van der Waals surface area contributed by atoms with E-state index in [4.69, 9.17) is 4.42 Å². The highest BCUT2D eigenvalue weighted by Crippen LogP contribution is 2.15. The Morgan fingerprint density at radius 3 is 2.80 bits per heavy atom. The third-order valence-corrected chi connectivity index (χ3v) is 2.89. The number of aliphatic hydroxyl groups is 1. The highest BCUT2D eigenvalue weighted by atomic mass is 19.2. The van der Waals surface area contributed by atoms with Crippen molar-refractivity contribution in [1.29, 1.82) is 0 Å². The fourth-order valence-corrected chi connectivity index (χ4v) is 1.75. The molecule has 2 aromatic rings. The van der Waals surface area contributed by atoms with Gasteiger partial charge in [-0.1, -0.05) is 13.0 Å². The van der Waals surface area contributed by atoms with Gasteiger partial charge in [-0.25, -0.2) is 13.8 Å². The lowest BCUT2D eigenvalue weighted by Crippen LogP contribution is -2.21. The molecule has 1 aromatic heterocycles. The lowest BCUT2D eigenvalue weighted by atomic mass is 10.1. The molecule has 0 fully saturated rings. The first-order chi connectivity index (χ1) is 9.60. The van der Waals surface area contributed by atoms with Gasteiger partial charge in [-0.3, -0.25) is 0 Å². The Morgan fingerprint density at radius 1 is 1.35 bits per heavy atom. The zero-order chi connectivity index (χ0) is 14.5. The summed E-state index contributed by atoms with van der Waals surface area (Å²) in [7, 11) is 0. The van der Waals surface area contributed by atoms with E-state index in [2.05, 4.69) is 10.3 Å². The van der Waals surface area contributed by atoms with Crippen LogP contribution in [0.5, 0.6) is 0 Å². The molecule has 1 heterocycles. The molecule has 4 nitrogen and oxygen atoms in total. The van der Waals surface area contributed by atoms with E-state index >= 15 is 0 Å². The molecule has 108 valence electrons. The number of hydrogen-bond acceptors (Lipinski definition) is 4. The lowest BCUT2D eigenvalue weighted by Gasteiger charge is -2.11. The minimum atomic E-state index is -0.971. The molecule has 20 heavy (non-hydrogen) atoms. The van der Waals surface area contributed by atoms with Gasteiger partial charge in [0.2, 0.25) is 5.89 Å². The van der Waals surface area contributed by atoms with Gasteiger partial charge in [0.15, 0.2) is 11.6 Å². The van der Waals surface area contributed by atoms with Crippen LogP contribution in [-0.2, 0) is 13.0 Å². The Kier molecular flexibility index (Phi) is 4.81. The van der Waals surface area contributed by atoms with Crippen LogP contribution >= 0.6 is 0 Å². The van der Waals surface area contributed by atoms with Crippen molar-refractivity contribution in [2.75, 3.05) is 6.54 Å². The van der Waals surface area contributed by atoms with Crippen LogP contribution in [0.25, 0.3) is 0 Å². The third kappa shape index (κ3) is 3.61. The highest BCUT2D eigenvalue weighted by molar-refractivity contribution is 5.20. The molecule has 1 atom stereocenters. The van der Waals surface area contributed by atoms with Crippen LogP contribution in [-0.4, -0.2) is 16.6 Å². The van der Waals surface area contributed by atoms with Crippen molar-refractivity contribution in [2.45, 2.75) is 26.0 Å². The summed E-state index contributed by atoms with van der Waals surface area (Å²) in [5.41, 5.74) is 0.318. The average Bonchev–Trinajstić information content (AvgIpc) is 2.89. The number of benzene rings is 1. The maximum absolute atomic E-state index is 13.0. The fraction of sp³-hybridized carbons (Fsp3) is 0.357. The molecule has 0 spiro atoms. The average molecular weight is 282 g/mol. The standard InChI is InChI=1S/C14H16F2N2O2/c1-2-10-6-18-14(20-10)8-17-7-13(19)9-3-4-11(15)12(16)5-9/h3-6,13,17,19H,2,7-8H2,1H3. The van der Waals surface area contributed by atoms with E-state index in [0.29, 0.717) is 18.0 Å². The topological polar surface area (TPSA) is 58.3 Å². The van der Waals surface area contributed by atoms with E-state index in [0.717, 1.165) is 24.3 Å². The molecular formula is C14H16F2N2O2. The Morgan fingerprint density at radius 2 is 2.15 bits per heavy atom. The molecule has 2 N–H and O–H groups in total. The van der Waals surface area contributed by atoms with Crippen LogP contribution in [0.2, 0.25) is 0 Å². The number of nitrogens with one attached hydrogen (secondary N) is 1. The van der Waals surface area contributed by atoms with Gasteiger partial charge < -0.3 is 14.8 Å². The monoisotopic (exact) mass is 282 g/mol. The first-order valence-corrected chi connectivity index (χ1v) is 6.37. The van der Waals surface area contributed by atoms with Gasteiger partial charge >= 0.3 is 0 Å². The van der Waals surface area contributed by atoms with Gasteiger partial charge in [-0.15, -0.1) is 0 Å². The molecule has 0 aliphatic carbocycles. The van der Waals surface area contributed by atoms with E-state index in [1.807, 2.05) is 6.92 Å². The molecule has 2 rings (SSSR count). The largest absolute Gasteiger partial charge is 0.444 e. The smallest absolute Gasteiger partial charge is 0.208 e. The van der Waals surface area contributed by atoms with Crippen molar-refractivity contribution in [3.8, 4) is 0 Å². The summed E-state index contributed by atoms with van der Waals surface area (Å²) in [6, 6.07) is 3.34. The second-order valence-electron chi connectivity index (χ2n) is 4.39. The quantitative estimate of drug-likeness (QED) is 0.854. The minimum absolute atomic E-state index is 0.189. The number of aromatic nitrogens is 1. The first kappa shape index (κ1) is 14.6. The third-order valence-electron chi connectivity index (χ3n) is 2.89. The second-order valence-corrected chi connectivity index (χ2v) is 4.39. The molecule has 1 aromatic carbocycles. The number of halogens is 2. The summed E-state index contributed by atoms with van der Waals surface area (Å²) < 4.78 is 31.2. The predicted molar refractivity (Wildman–Crippen MR) is 68.9 cm³/mol. The van der Waals surface area contributed by atoms with Gasteiger partial charge in [0, 0.05) is 13.0 Å². The normalized spacial score (nSPS) is 12.6. The van der Waals surface area contributed by atoms with Gasteiger partial charge in [-0.2, -0.15) is 0 Å². The molecule has 0 saturated heterocycles. The number of rotatable bonds is 6. The van der Waals surface area contributed by atoms with E-state index in [-0.39, 0.29) is 6.54 Å². The number of nitrogens with zero attached hydrogens (tertiary/aromatic N) is 1. The highest BCUT2D eigenvalue weighted by Gasteiger charge is 2.11. The summed E-state index contributed by atoms with van der Waals surface area (Å²) in [5, 5.41) is 12.8. The van der Waals surface area contributed by atoms with Gasteiger partial charge in [0.05, 0.1) is 18.8 Å². The molecule has 0 saturated carbocycles. The summed E-state index contributed by atoms with van der Waals surface area (Å²) in [4.78, 5) is 4.06. The molecule has 0 bridgehead atoms. The zero-order valence-electron chi connectivity index (χ0n) is 11.1. The van der Waals surface area contributed by atoms with E-state index in [9.17, 15) is 13.9 Å². The van der Waals surface area contributed by atoms with E-state index in [1.165, 1.54) is 6.07 Å². The van der Waals surface area contributed by atoms with Crippen molar-refractivity contribution < 1.29 is 18.3 Å². The maximum atomic E-state index is 13.0. The van der Waals surface area contributed by atoms with Crippen molar-refractivity contribution in [3.63, 3.8) is 0 Å². The fourth-order valence-electron chi connectivity index (χ4n) is 1.75. The molecule has 0 radical (unpaired) electrons. The molecule has 0 amide bonds. The molecular weight excluding hydrogens is 266 g/mol. The lowest BCUT2D eigenvalue weighted by molar-refractivity contribution is 0.172. The SMILES string of the molecule is CCc1cnc(CNCC(O)c2ccc(F)c(F)c2)o1. The minimum Gasteiger partial charge on any atom is -0.444 e. The predicted octanol–water partition coefficient (Wildman–Crippen LogP) is 2.34. The molecule has 1 unspecified atom stereocenters. The Hall–Kier alpha value is -1.79. The number of oxazole rings is 1. The van der Waals surface area contributed by atoms with Gasteiger partial charge in [-0.05, 0) is 17.7 Å². The van der Waals surface area contributed by atoms with Gasteiger partial charge in [0.25, 0.3) is 0 Å². The van der Waals surface area contributed by atoms with Crippen LogP contribution in [0, 0.1) is 11.6 Å². The summed E-state index contributed by atoms with van der Waals surface area (Å²) >= 11 is 0. The first-order valence-electron chi connectivity index (χ1n) is 6.37. The van der Waals surface area contributed by atoms with Crippen LogP contribution in [0.15, 0.2) is 28.8 Å². The Bertz CT molecular complexity index is 572. The summed E-state index contributed by atoms with van der Waals surface area (Å²) in [6.07, 6.45) is 1.50.